The minimum atomic E-state index is -0.601. The second-order valence-electron chi connectivity index (χ2n) is 6.43. The van der Waals surface area contributed by atoms with Gasteiger partial charge in [0.1, 0.15) is 0 Å². The van der Waals surface area contributed by atoms with Gasteiger partial charge in [0.25, 0.3) is 0 Å². The molecule has 2 aliphatic rings. The quantitative estimate of drug-likeness (QED) is 0.872. The van der Waals surface area contributed by atoms with Gasteiger partial charge < -0.3 is 16.0 Å². The van der Waals surface area contributed by atoms with Gasteiger partial charge in [-0.2, -0.15) is 0 Å². The number of carbonyl (C=O) groups is 1. The average molecular weight is 360 g/mol. The van der Waals surface area contributed by atoms with Crippen molar-refractivity contribution in [1.29, 1.82) is 0 Å². The topological polar surface area (TPSA) is 58.4 Å². The summed E-state index contributed by atoms with van der Waals surface area (Å²) in [6.07, 6.45) is 5.82. The van der Waals surface area contributed by atoms with E-state index in [2.05, 4.69) is 34.5 Å². The molecule has 1 heterocycles. The molecule has 3 N–H and O–H groups in total. The van der Waals surface area contributed by atoms with E-state index in [1.165, 1.54) is 5.69 Å². The number of nitrogens with zero attached hydrogens (tertiary/aromatic N) is 1. The van der Waals surface area contributed by atoms with Crippen LogP contribution in [0.15, 0.2) is 30.3 Å². The van der Waals surface area contributed by atoms with E-state index >= 15 is 0 Å². The van der Waals surface area contributed by atoms with E-state index in [4.69, 9.17) is 5.73 Å². The Bertz CT molecular complexity index is 484. The fourth-order valence-electron chi connectivity index (χ4n) is 3.48. The Morgan fingerprint density at radius 3 is 2.22 bits per heavy atom. The van der Waals surface area contributed by atoms with Gasteiger partial charge in [0.15, 0.2) is 0 Å². The normalized spacial score (nSPS) is 20.3. The van der Waals surface area contributed by atoms with Crippen molar-refractivity contribution in [3.05, 3.63) is 30.3 Å². The number of amides is 1. The molecule has 0 aromatic heterocycles. The van der Waals surface area contributed by atoms with Crippen LogP contribution in [0, 0.1) is 0 Å². The number of nitrogens with one attached hydrogen (secondary N) is 1. The van der Waals surface area contributed by atoms with Crippen LogP contribution in [-0.2, 0) is 4.79 Å². The molecule has 1 saturated carbocycles. The zero-order valence-electron chi connectivity index (χ0n) is 13.4. The zero-order valence-corrected chi connectivity index (χ0v) is 15.0. The van der Waals surface area contributed by atoms with E-state index in [-0.39, 0.29) is 36.8 Å². The molecule has 1 aliphatic heterocycles. The maximum atomic E-state index is 12.3. The highest BCUT2D eigenvalue weighted by Crippen LogP contribution is 2.28. The number of piperidine rings is 1. The minimum absolute atomic E-state index is 0. The number of para-hydroxylation sites is 1. The van der Waals surface area contributed by atoms with Crippen LogP contribution < -0.4 is 16.0 Å². The van der Waals surface area contributed by atoms with Gasteiger partial charge >= 0.3 is 0 Å². The van der Waals surface area contributed by atoms with Gasteiger partial charge in [0.05, 0.1) is 5.54 Å². The summed E-state index contributed by atoms with van der Waals surface area (Å²) < 4.78 is 0. The Hall–Kier alpha value is -0.970. The monoisotopic (exact) mass is 359 g/mol. The summed E-state index contributed by atoms with van der Waals surface area (Å²) in [5, 5.41) is 3.18. The Kier molecular flexibility index (Phi) is 7.65. The lowest BCUT2D eigenvalue weighted by Crippen LogP contribution is -2.56. The zero-order chi connectivity index (χ0) is 14.7. The molecular formula is C17H27Cl2N3O. The third-order valence-electron chi connectivity index (χ3n) is 4.90. The minimum Gasteiger partial charge on any atom is -0.371 e. The van der Waals surface area contributed by atoms with Crippen molar-refractivity contribution in [1.82, 2.24) is 5.32 Å². The van der Waals surface area contributed by atoms with Crippen LogP contribution >= 0.6 is 24.8 Å². The lowest BCUT2D eigenvalue weighted by molar-refractivity contribution is -0.127. The highest BCUT2D eigenvalue weighted by Gasteiger charge is 2.38. The number of nitrogens with two attached hydrogens (primary N) is 1. The summed E-state index contributed by atoms with van der Waals surface area (Å²) in [4.78, 5) is 14.7. The standard InChI is InChI=1S/C17H25N3O.2ClH/c18-17(10-4-5-11-17)16(21)19-14-8-12-20(13-9-14)15-6-2-1-3-7-15;;/h1-3,6-7,14H,4-5,8-13,18H2,(H,19,21);2*1H. The molecule has 1 aliphatic carbocycles. The van der Waals surface area contributed by atoms with Crippen LogP contribution in [0.5, 0.6) is 0 Å². The van der Waals surface area contributed by atoms with Crippen LogP contribution in [0.3, 0.4) is 0 Å². The second-order valence-corrected chi connectivity index (χ2v) is 6.43. The Balaban J connectivity index is 0.00000132. The number of rotatable bonds is 3. The van der Waals surface area contributed by atoms with Crippen molar-refractivity contribution in [3.63, 3.8) is 0 Å². The van der Waals surface area contributed by atoms with Crippen molar-refractivity contribution in [3.8, 4) is 0 Å². The summed E-state index contributed by atoms with van der Waals surface area (Å²) in [5.74, 6) is 0.0677. The molecule has 23 heavy (non-hydrogen) atoms. The maximum Gasteiger partial charge on any atom is 0.240 e. The molecule has 0 bridgehead atoms. The summed E-state index contributed by atoms with van der Waals surface area (Å²) in [7, 11) is 0. The van der Waals surface area contributed by atoms with Gasteiger partial charge in [-0.05, 0) is 37.8 Å². The van der Waals surface area contributed by atoms with E-state index in [1.54, 1.807) is 0 Å². The molecule has 0 unspecified atom stereocenters. The highest BCUT2D eigenvalue weighted by atomic mass is 35.5. The Morgan fingerprint density at radius 1 is 1.09 bits per heavy atom. The largest absolute Gasteiger partial charge is 0.371 e. The number of halogens is 2. The molecule has 0 atom stereocenters. The fraction of sp³-hybridized carbons (Fsp3) is 0.588. The predicted octanol–water partition coefficient (Wildman–Crippen LogP) is 2.89. The molecule has 2 fully saturated rings. The maximum absolute atomic E-state index is 12.3. The number of carbonyl (C=O) groups excluding carboxylic acids is 1. The summed E-state index contributed by atoms with van der Waals surface area (Å²) in [6.45, 7) is 1.99. The van der Waals surface area contributed by atoms with Crippen molar-refractivity contribution < 1.29 is 4.79 Å². The highest BCUT2D eigenvalue weighted by molar-refractivity contribution is 5.86. The van der Waals surface area contributed by atoms with E-state index in [9.17, 15) is 4.79 Å². The van der Waals surface area contributed by atoms with Crippen LogP contribution in [0.1, 0.15) is 38.5 Å². The van der Waals surface area contributed by atoms with E-state index in [1.807, 2.05) is 6.07 Å². The van der Waals surface area contributed by atoms with Crippen LogP contribution in [0.25, 0.3) is 0 Å². The van der Waals surface area contributed by atoms with Crippen molar-refractivity contribution in [2.24, 2.45) is 5.73 Å². The van der Waals surface area contributed by atoms with E-state index in [0.717, 1.165) is 51.6 Å². The van der Waals surface area contributed by atoms with E-state index < -0.39 is 5.54 Å². The fourth-order valence-corrected chi connectivity index (χ4v) is 3.48. The lowest BCUT2D eigenvalue weighted by atomic mass is 9.96. The smallest absolute Gasteiger partial charge is 0.240 e. The number of hydrogen-bond acceptors (Lipinski definition) is 3. The number of anilines is 1. The molecule has 3 rings (SSSR count). The lowest BCUT2D eigenvalue weighted by Gasteiger charge is -2.35. The van der Waals surface area contributed by atoms with Gasteiger partial charge in [-0.1, -0.05) is 31.0 Å². The van der Waals surface area contributed by atoms with Crippen molar-refractivity contribution in [2.75, 3.05) is 18.0 Å². The van der Waals surface area contributed by atoms with E-state index in [0.29, 0.717) is 0 Å². The van der Waals surface area contributed by atoms with Crippen LogP contribution in [0.2, 0.25) is 0 Å². The molecular weight excluding hydrogens is 333 g/mol. The Labute approximate surface area is 151 Å². The van der Waals surface area contributed by atoms with Gasteiger partial charge in [-0.3, -0.25) is 4.79 Å². The molecule has 1 saturated heterocycles. The summed E-state index contributed by atoms with van der Waals surface area (Å²) in [6, 6.07) is 10.7. The predicted molar refractivity (Wildman–Crippen MR) is 99.7 cm³/mol. The number of benzene rings is 1. The summed E-state index contributed by atoms with van der Waals surface area (Å²) >= 11 is 0. The first kappa shape index (κ1) is 20.1. The first-order valence-electron chi connectivity index (χ1n) is 8.07. The summed E-state index contributed by atoms with van der Waals surface area (Å²) in [5.41, 5.74) is 6.89. The molecule has 1 amide bonds. The third-order valence-corrected chi connectivity index (χ3v) is 4.90. The van der Waals surface area contributed by atoms with Crippen molar-refractivity contribution in [2.45, 2.75) is 50.1 Å². The first-order chi connectivity index (χ1) is 10.2. The Morgan fingerprint density at radius 2 is 1.65 bits per heavy atom. The van der Waals surface area contributed by atoms with Gasteiger partial charge in [0, 0.05) is 24.8 Å². The van der Waals surface area contributed by atoms with Gasteiger partial charge in [0.2, 0.25) is 5.91 Å². The van der Waals surface area contributed by atoms with Crippen LogP contribution in [-0.4, -0.2) is 30.6 Å². The van der Waals surface area contributed by atoms with Crippen molar-refractivity contribution >= 4 is 36.4 Å². The molecule has 130 valence electrons. The molecule has 1 aromatic carbocycles. The molecule has 0 spiro atoms. The molecule has 0 radical (unpaired) electrons. The van der Waals surface area contributed by atoms with Crippen LogP contribution in [0.4, 0.5) is 5.69 Å². The van der Waals surface area contributed by atoms with Gasteiger partial charge in [-0.15, -0.1) is 24.8 Å². The third kappa shape index (κ3) is 4.75. The SMILES string of the molecule is Cl.Cl.NC1(C(=O)NC2CCN(c3ccccc3)CC2)CCCC1. The first-order valence-corrected chi connectivity index (χ1v) is 8.07. The molecule has 1 aromatic rings. The molecule has 4 nitrogen and oxygen atoms in total. The van der Waals surface area contributed by atoms with Gasteiger partial charge in [-0.25, -0.2) is 0 Å². The molecule has 6 heteroatoms. The number of hydrogen-bond donors (Lipinski definition) is 2. The average Bonchev–Trinajstić information content (AvgIpc) is 2.97. The second kappa shape index (κ2) is 8.76.